The highest BCUT2D eigenvalue weighted by Crippen LogP contribution is 2.36. The van der Waals surface area contributed by atoms with Crippen LogP contribution in [0, 0.1) is 6.92 Å². The van der Waals surface area contributed by atoms with E-state index in [0.717, 1.165) is 27.9 Å². The van der Waals surface area contributed by atoms with Gasteiger partial charge in [0.15, 0.2) is 5.13 Å². The maximum atomic E-state index is 13.2. The number of carbonyl (C=O) groups excluding carboxylic acids is 1. The molecule has 0 spiro atoms. The topological polar surface area (TPSA) is 45.7 Å². The minimum atomic E-state index is -0.0226. The molecule has 148 valence electrons. The van der Waals surface area contributed by atoms with Gasteiger partial charge < -0.3 is 9.64 Å². The third-order valence-corrected chi connectivity index (χ3v) is 6.10. The Balaban J connectivity index is 1.97. The Morgan fingerprint density at radius 2 is 1.93 bits per heavy atom. The van der Waals surface area contributed by atoms with Crippen molar-refractivity contribution in [3.05, 3.63) is 52.5 Å². The monoisotopic (exact) mass is 417 g/mol. The highest BCUT2D eigenvalue weighted by Gasteiger charge is 2.22. The van der Waals surface area contributed by atoms with Crippen LogP contribution >= 0.6 is 22.9 Å². The summed E-state index contributed by atoms with van der Waals surface area (Å²) in [6.07, 6.45) is 0.235. The van der Waals surface area contributed by atoms with E-state index in [4.69, 9.17) is 21.3 Å². The molecule has 0 radical (unpaired) electrons. The molecule has 0 N–H and O–H groups in total. The molecule has 0 saturated heterocycles. The first-order valence-corrected chi connectivity index (χ1v) is 10.2. The molecule has 0 aliphatic carbocycles. The Hall–Kier alpha value is -2.15. The standard InChI is InChI=1S/C21H24ClN3O2S/c1-14-9-10-17(27-4)19-20(14)28-21(23-19)25(12-11-24(2)3)18(26)13-15-7-5-6-8-16(15)22/h5-10H,11-13H2,1-4H3. The third kappa shape index (κ3) is 4.46. The number of anilines is 1. The first-order chi connectivity index (χ1) is 13.4. The molecular weight excluding hydrogens is 394 g/mol. The predicted molar refractivity (Wildman–Crippen MR) is 117 cm³/mol. The van der Waals surface area contributed by atoms with Crippen molar-refractivity contribution >= 4 is 44.2 Å². The molecule has 0 aliphatic rings. The molecule has 0 atom stereocenters. The van der Waals surface area contributed by atoms with E-state index >= 15 is 0 Å². The van der Waals surface area contributed by atoms with Gasteiger partial charge in [-0.2, -0.15) is 0 Å². The highest BCUT2D eigenvalue weighted by molar-refractivity contribution is 7.22. The van der Waals surface area contributed by atoms with Crippen molar-refractivity contribution in [1.29, 1.82) is 0 Å². The maximum Gasteiger partial charge on any atom is 0.233 e. The van der Waals surface area contributed by atoms with Crippen molar-refractivity contribution < 1.29 is 9.53 Å². The number of nitrogens with zero attached hydrogens (tertiary/aromatic N) is 3. The number of aryl methyl sites for hydroxylation is 1. The Bertz CT molecular complexity index is 987. The fourth-order valence-corrected chi connectivity index (χ4v) is 4.20. The second-order valence-electron chi connectivity index (χ2n) is 6.88. The molecule has 0 unspecified atom stereocenters. The van der Waals surface area contributed by atoms with Crippen LogP contribution in [0.3, 0.4) is 0 Å². The summed E-state index contributed by atoms with van der Waals surface area (Å²) >= 11 is 7.78. The molecular formula is C21H24ClN3O2S. The number of aromatic nitrogens is 1. The van der Waals surface area contributed by atoms with E-state index < -0.39 is 0 Å². The molecule has 0 bridgehead atoms. The summed E-state index contributed by atoms with van der Waals surface area (Å²) in [6.45, 7) is 3.33. The van der Waals surface area contributed by atoms with Crippen LogP contribution < -0.4 is 9.64 Å². The molecule has 1 amide bonds. The summed E-state index contributed by atoms with van der Waals surface area (Å²) < 4.78 is 6.50. The number of likely N-dealkylation sites (N-methyl/N-ethyl adjacent to an activating group) is 1. The van der Waals surface area contributed by atoms with Crippen LogP contribution in [0.25, 0.3) is 10.2 Å². The van der Waals surface area contributed by atoms with Gasteiger partial charge in [0.1, 0.15) is 11.3 Å². The van der Waals surface area contributed by atoms with Gasteiger partial charge in [0.05, 0.1) is 18.2 Å². The Labute approximate surface area is 174 Å². The van der Waals surface area contributed by atoms with Crippen LogP contribution in [0.1, 0.15) is 11.1 Å². The van der Waals surface area contributed by atoms with Crippen molar-refractivity contribution in [3.63, 3.8) is 0 Å². The summed E-state index contributed by atoms with van der Waals surface area (Å²) in [5.41, 5.74) is 2.73. The van der Waals surface area contributed by atoms with Gasteiger partial charge in [0.25, 0.3) is 0 Å². The summed E-state index contributed by atoms with van der Waals surface area (Å²) in [6, 6.07) is 11.4. The second-order valence-corrected chi connectivity index (χ2v) is 8.26. The number of halogens is 1. The molecule has 0 fully saturated rings. The van der Waals surface area contributed by atoms with Gasteiger partial charge >= 0.3 is 0 Å². The van der Waals surface area contributed by atoms with Crippen LogP contribution in [0.2, 0.25) is 5.02 Å². The lowest BCUT2D eigenvalue weighted by atomic mass is 10.1. The SMILES string of the molecule is COc1ccc(C)c2sc(N(CCN(C)C)C(=O)Cc3ccccc3Cl)nc12. The van der Waals surface area contributed by atoms with E-state index in [-0.39, 0.29) is 12.3 Å². The largest absolute Gasteiger partial charge is 0.494 e. The Kier molecular flexibility index (Phi) is 6.54. The smallest absolute Gasteiger partial charge is 0.233 e. The zero-order valence-corrected chi connectivity index (χ0v) is 18.1. The number of carbonyl (C=O) groups is 1. The minimum Gasteiger partial charge on any atom is -0.494 e. The third-order valence-electron chi connectivity index (χ3n) is 4.51. The maximum absolute atomic E-state index is 13.2. The molecule has 3 aromatic rings. The van der Waals surface area contributed by atoms with Crippen molar-refractivity contribution in [2.24, 2.45) is 0 Å². The van der Waals surface area contributed by atoms with E-state index in [1.807, 2.05) is 51.4 Å². The van der Waals surface area contributed by atoms with Gasteiger partial charge in [-0.3, -0.25) is 9.69 Å². The molecule has 3 rings (SSSR count). The lowest BCUT2D eigenvalue weighted by Crippen LogP contribution is -2.37. The predicted octanol–water partition coefficient (Wildman–Crippen LogP) is 4.40. The number of ether oxygens (including phenoxy) is 1. The Morgan fingerprint density at radius 3 is 2.61 bits per heavy atom. The van der Waals surface area contributed by atoms with Gasteiger partial charge in [0, 0.05) is 18.1 Å². The van der Waals surface area contributed by atoms with Crippen LogP contribution in [-0.2, 0) is 11.2 Å². The molecule has 5 nitrogen and oxygen atoms in total. The summed E-state index contributed by atoms with van der Waals surface area (Å²) in [4.78, 5) is 21.7. The van der Waals surface area contributed by atoms with Crippen molar-refractivity contribution in [2.45, 2.75) is 13.3 Å². The average Bonchev–Trinajstić information content (AvgIpc) is 3.10. The number of amides is 1. The van der Waals surface area contributed by atoms with Gasteiger partial charge in [-0.25, -0.2) is 4.98 Å². The van der Waals surface area contributed by atoms with E-state index in [9.17, 15) is 4.79 Å². The van der Waals surface area contributed by atoms with Crippen LogP contribution in [-0.4, -0.2) is 50.1 Å². The van der Waals surface area contributed by atoms with Crippen LogP contribution in [0.5, 0.6) is 5.75 Å². The molecule has 1 heterocycles. The summed E-state index contributed by atoms with van der Waals surface area (Å²) in [5.74, 6) is 0.694. The second kappa shape index (κ2) is 8.90. The van der Waals surface area contributed by atoms with Gasteiger partial charge in [-0.1, -0.05) is 47.2 Å². The van der Waals surface area contributed by atoms with E-state index in [0.29, 0.717) is 22.4 Å². The lowest BCUT2D eigenvalue weighted by molar-refractivity contribution is -0.118. The van der Waals surface area contributed by atoms with Crippen LogP contribution in [0.4, 0.5) is 5.13 Å². The van der Waals surface area contributed by atoms with Crippen molar-refractivity contribution in [3.8, 4) is 5.75 Å². The molecule has 2 aromatic carbocycles. The number of methoxy groups -OCH3 is 1. The number of fused-ring (bicyclic) bond motifs is 1. The first kappa shape index (κ1) is 20.6. The molecule has 7 heteroatoms. The Morgan fingerprint density at radius 1 is 1.18 bits per heavy atom. The number of thiazole rings is 1. The van der Waals surface area contributed by atoms with E-state index in [2.05, 4.69) is 4.90 Å². The average molecular weight is 418 g/mol. The fraction of sp³-hybridized carbons (Fsp3) is 0.333. The normalized spacial score (nSPS) is 11.2. The zero-order valence-electron chi connectivity index (χ0n) is 16.5. The molecule has 0 saturated carbocycles. The molecule has 1 aromatic heterocycles. The number of hydrogen-bond donors (Lipinski definition) is 0. The van der Waals surface area contributed by atoms with E-state index in [1.165, 1.54) is 11.3 Å². The molecule has 28 heavy (non-hydrogen) atoms. The van der Waals surface area contributed by atoms with Crippen LogP contribution in [0.15, 0.2) is 36.4 Å². The molecule has 0 aliphatic heterocycles. The van der Waals surface area contributed by atoms with Gasteiger partial charge in [-0.05, 0) is 44.3 Å². The minimum absolute atomic E-state index is 0.0226. The summed E-state index contributed by atoms with van der Waals surface area (Å²) in [5, 5.41) is 1.28. The number of benzene rings is 2. The number of rotatable bonds is 7. The summed E-state index contributed by atoms with van der Waals surface area (Å²) in [7, 11) is 5.61. The van der Waals surface area contributed by atoms with Gasteiger partial charge in [0.2, 0.25) is 5.91 Å². The lowest BCUT2D eigenvalue weighted by Gasteiger charge is -2.22. The first-order valence-electron chi connectivity index (χ1n) is 9.03. The zero-order chi connectivity index (χ0) is 20.3. The van der Waals surface area contributed by atoms with Crippen molar-refractivity contribution in [1.82, 2.24) is 9.88 Å². The van der Waals surface area contributed by atoms with Crippen molar-refractivity contribution in [2.75, 3.05) is 39.2 Å². The highest BCUT2D eigenvalue weighted by atomic mass is 35.5. The van der Waals surface area contributed by atoms with E-state index in [1.54, 1.807) is 18.1 Å². The quantitative estimate of drug-likeness (QED) is 0.571. The fourth-order valence-electron chi connectivity index (χ4n) is 2.91. The van der Waals surface area contributed by atoms with Gasteiger partial charge in [-0.15, -0.1) is 0 Å². The number of hydrogen-bond acceptors (Lipinski definition) is 5.